The minimum absolute atomic E-state index is 0.0185. The van der Waals surface area contributed by atoms with Crippen molar-refractivity contribution in [2.75, 3.05) is 63.0 Å². The van der Waals surface area contributed by atoms with Gasteiger partial charge < -0.3 is 25.1 Å². The van der Waals surface area contributed by atoms with Gasteiger partial charge in [0.1, 0.15) is 11.6 Å². The molecule has 4 atom stereocenters. The summed E-state index contributed by atoms with van der Waals surface area (Å²) in [5.74, 6) is -1.08. The number of hydrogen-bond acceptors (Lipinski definition) is 15. The fraction of sp³-hybridized carbons (Fsp3) is 0.409. The molecule has 6 aromatic rings. The number of benzene rings is 2. The van der Waals surface area contributed by atoms with Crippen molar-refractivity contribution in [2.45, 2.75) is 74.1 Å². The molecular weight excluding hydrogens is 994 g/mol. The van der Waals surface area contributed by atoms with Crippen LogP contribution < -0.4 is 16.0 Å². The fourth-order valence-electron chi connectivity index (χ4n) is 7.80. The average Bonchev–Trinajstić information content (AvgIpc) is 4.18. The summed E-state index contributed by atoms with van der Waals surface area (Å²) in [5.41, 5.74) is 4.29. The lowest BCUT2D eigenvalue weighted by atomic mass is 10.1. The summed E-state index contributed by atoms with van der Waals surface area (Å²) in [5, 5.41) is 8.72. The Morgan fingerprint density at radius 1 is 0.623 bits per heavy atom. The van der Waals surface area contributed by atoms with Crippen LogP contribution in [0.25, 0.3) is 0 Å². The summed E-state index contributed by atoms with van der Waals surface area (Å²) in [4.78, 5) is 42.8. The molecule has 2 amide bonds. The Bertz CT molecular complexity index is 2860. The number of amides is 2. The first-order valence-electron chi connectivity index (χ1n) is 21.9. The molecule has 6 heterocycles. The summed E-state index contributed by atoms with van der Waals surface area (Å²) in [6, 6.07) is 13.6. The highest BCUT2D eigenvalue weighted by molar-refractivity contribution is 8.15. The summed E-state index contributed by atoms with van der Waals surface area (Å²) >= 11 is 1.75. The molecule has 372 valence electrons. The SMILES string of the molecule is CC(=O)Nc1ncc(S(=O)(=O)Cl)s1.CC(=O)Nc1ncc(S(=O)(=O)N2CCN(C(C)c3cncn3[C@H](C)c3ccc(F)cc3)CC2)s1.CC(c1cncn1[C@H](C)c1ccc(F)cc1)N1CCNCC1. The van der Waals surface area contributed by atoms with Crippen LogP contribution in [0.2, 0.25) is 0 Å². The van der Waals surface area contributed by atoms with Gasteiger partial charge in [-0.1, -0.05) is 46.9 Å². The Balaban J connectivity index is 0.000000190. The zero-order valence-corrected chi connectivity index (χ0v) is 42.8. The van der Waals surface area contributed by atoms with E-state index in [0.717, 1.165) is 71.9 Å². The van der Waals surface area contributed by atoms with Crippen LogP contribution in [-0.4, -0.2) is 124 Å². The van der Waals surface area contributed by atoms with E-state index in [1.54, 1.807) is 18.5 Å². The highest BCUT2D eigenvalue weighted by Crippen LogP contribution is 2.31. The van der Waals surface area contributed by atoms with Gasteiger partial charge in [-0.2, -0.15) is 4.31 Å². The predicted molar refractivity (Wildman–Crippen MR) is 262 cm³/mol. The molecule has 18 nitrogen and oxygen atoms in total. The molecule has 0 saturated carbocycles. The van der Waals surface area contributed by atoms with Crippen LogP contribution in [-0.2, 0) is 28.7 Å². The molecule has 0 bridgehead atoms. The number of piperazine rings is 2. The summed E-state index contributed by atoms with van der Waals surface area (Å²) in [6.07, 6.45) is 9.81. The number of nitrogens with one attached hydrogen (secondary N) is 3. The van der Waals surface area contributed by atoms with Gasteiger partial charge in [0.15, 0.2) is 18.7 Å². The first-order valence-corrected chi connectivity index (χ1v) is 27.3. The van der Waals surface area contributed by atoms with Crippen LogP contribution in [0.1, 0.15) is 88.2 Å². The number of aromatic nitrogens is 6. The molecule has 4 aromatic heterocycles. The highest BCUT2D eigenvalue weighted by atomic mass is 35.7. The van der Waals surface area contributed by atoms with E-state index in [4.69, 9.17) is 10.7 Å². The van der Waals surface area contributed by atoms with Gasteiger partial charge in [0.2, 0.25) is 11.8 Å². The molecule has 3 N–H and O–H groups in total. The number of halogens is 3. The van der Waals surface area contributed by atoms with Crippen LogP contribution in [0.3, 0.4) is 0 Å². The Morgan fingerprint density at radius 3 is 1.43 bits per heavy atom. The lowest BCUT2D eigenvalue weighted by molar-refractivity contribution is -0.115. The number of carbonyl (C=O) groups is 2. The van der Waals surface area contributed by atoms with Gasteiger partial charge in [-0.15, -0.1) is 0 Å². The van der Waals surface area contributed by atoms with E-state index in [1.807, 2.05) is 37.8 Å². The van der Waals surface area contributed by atoms with Crippen molar-refractivity contribution in [1.29, 1.82) is 0 Å². The van der Waals surface area contributed by atoms with E-state index in [0.29, 0.717) is 32.2 Å². The topological polar surface area (TPSA) is 210 Å². The minimum atomic E-state index is -3.74. The molecule has 0 spiro atoms. The third-order valence-corrected chi connectivity index (χ3v) is 17.9. The van der Waals surface area contributed by atoms with Crippen LogP contribution in [0, 0.1) is 11.6 Å². The van der Waals surface area contributed by atoms with Crippen molar-refractivity contribution in [1.82, 2.24) is 48.5 Å². The second kappa shape index (κ2) is 23.7. The van der Waals surface area contributed by atoms with Gasteiger partial charge in [-0.25, -0.2) is 45.6 Å². The Kier molecular flexibility index (Phi) is 18.3. The molecule has 2 aliphatic rings. The van der Waals surface area contributed by atoms with E-state index in [2.05, 4.69) is 75.6 Å². The quantitative estimate of drug-likeness (QED) is 0.103. The Morgan fingerprint density at radius 2 is 1.03 bits per heavy atom. The molecule has 2 aliphatic heterocycles. The highest BCUT2D eigenvalue weighted by Gasteiger charge is 2.33. The van der Waals surface area contributed by atoms with E-state index in [1.165, 1.54) is 54.3 Å². The lowest BCUT2D eigenvalue weighted by Crippen LogP contribution is -2.49. The number of thiazole rings is 2. The standard InChI is InChI=1S/C22H27FN6O3S2.C17H23FN4.C5H5ClN2O3S2/c1-15(18-4-6-19(23)7-5-18)29-14-24-12-20(29)16(2)27-8-10-28(11-9-27)34(31,32)21-13-25-22(33-21)26-17(3)30;1-13(15-3-5-16(18)6-4-15)22-12-20-11-17(22)14(2)21-9-7-19-8-10-21;1-3(9)8-5-7-2-4(12-5)13(6,10)11/h4-7,12-16H,8-11H2,1-3H3,(H,25,26,30);3-6,11-14,19H,7-10H2,1-2H3;2H,1H3,(H,7,8,9)/t15-,16?;13-,14?;/m11./s1. The maximum Gasteiger partial charge on any atom is 0.272 e. The predicted octanol–water partition coefficient (Wildman–Crippen LogP) is 6.74. The first-order chi connectivity index (χ1) is 32.7. The number of imidazole rings is 2. The number of nitrogens with zero attached hydrogens (tertiary/aromatic N) is 9. The normalized spacial score (nSPS) is 16.8. The van der Waals surface area contributed by atoms with Crippen molar-refractivity contribution in [3.8, 4) is 0 Å². The Hall–Kier alpha value is -5.05. The minimum Gasteiger partial charge on any atom is -0.326 e. The van der Waals surface area contributed by atoms with Gasteiger partial charge >= 0.3 is 0 Å². The number of hydrogen-bond donors (Lipinski definition) is 3. The zero-order valence-electron chi connectivity index (χ0n) is 38.8. The molecular formula is C44H55ClF2N12O6S4. The van der Waals surface area contributed by atoms with Crippen molar-refractivity contribution in [3.63, 3.8) is 0 Å². The molecule has 2 fully saturated rings. The monoisotopic (exact) mass is 1050 g/mol. The zero-order chi connectivity index (χ0) is 50.0. The molecule has 0 radical (unpaired) electrons. The molecule has 25 heteroatoms. The van der Waals surface area contributed by atoms with Gasteiger partial charge in [-0.3, -0.25) is 19.4 Å². The second-order valence-corrected chi connectivity index (χ2v) is 23.3. The second-order valence-electron chi connectivity index (χ2n) is 16.3. The number of sulfonamides is 1. The molecule has 2 aromatic carbocycles. The van der Waals surface area contributed by atoms with Crippen molar-refractivity contribution >= 4 is 74.5 Å². The van der Waals surface area contributed by atoms with Crippen molar-refractivity contribution in [3.05, 3.63) is 120 Å². The number of rotatable bonds is 13. The van der Waals surface area contributed by atoms with Crippen LogP contribution >= 0.6 is 33.4 Å². The van der Waals surface area contributed by atoms with Gasteiger partial charge in [-0.05, 0) is 63.1 Å². The average molecular weight is 1050 g/mol. The molecule has 2 unspecified atom stereocenters. The van der Waals surface area contributed by atoms with Crippen LogP contribution in [0.15, 0.2) is 94.4 Å². The van der Waals surface area contributed by atoms with Gasteiger partial charge in [0.05, 0.1) is 48.5 Å². The van der Waals surface area contributed by atoms with E-state index in [-0.39, 0.29) is 60.3 Å². The first kappa shape index (κ1) is 53.3. The fourth-order valence-corrected chi connectivity index (χ4v) is 12.3. The molecule has 69 heavy (non-hydrogen) atoms. The number of carbonyl (C=O) groups excluding carboxylic acids is 2. The van der Waals surface area contributed by atoms with Crippen LogP contribution in [0.4, 0.5) is 19.0 Å². The van der Waals surface area contributed by atoms with E-state index in [9.17, 15) is 35.2 Å². The van der Waals surface area contributed by atoms with Crippen LogP contribution in [0.5, 0.6) is 0 Å². The Labute approximate surface area is 413 Å². The third kappa shape index (κ3) is 14.1. The molecule has 0 aliphatic carbocycles. The smallest absolute Gasteiger partial charge is 0.272 e. The van der Waals surface area contributed by atoms with Gasteiger partial charge in [0.25, 0.3) is 19.1 Å². The van der Waals surface area contributed by atoms with Gasteiger partial charge in [0, 0.05) is 101 Å². The third-order valence-electron chi connectivity index (χ3n) is 11.7. The summed E-state index contributed by atoms with van der Waals surface area (Å²) in [6.45, 7) is 17.1. The van der Waals surface area contributed by atoms with Crippen molar-refractivity contribution in [2.24, 2.45) is 0 Å². The lowest BCUT2D eigenvalue weighted by Gasteiger charge is -2.37. The summed E-state index contributed by atoms with van der Waals surface area (Å²) < 4.78 is 79.8. The van der Waals surface area contributed by atoms with E-state index < -0.39 is 19.1 Å². The number of anilines is 2. The van der Waals surface area contributed by atoms with Crippen molar-refractivity contribution < 1.29 is 35.2 Å². The largest absolute Gasteiger partial charge is 0.326 e. The molecule has 2 saturated heterocycles. The summed E-state index contributed by atoms with van der Waals surface area (Å²) in [7, 11) is -2.38. The maximum atomic E-state index is 13.3. The maximum absolute atomic E-state index is 13.3. The molecule has 8 rings (SSSR count). The van der Waals surface area contributed by atoms with E-state index >= 15 is 0 Å².